The van der Waals surface area contributed by atoms with Gasteiger partial charge in [0, 0.05) is 63.3 Å². The van der Waals surface area contributed by atoms with E-state index < -0.39 is 10.0 Å². The summed E-state index contributed by atoms with van der Waals surface area (Å²) in [6, 6.07) is 14.4. The van der Waals surface area contributed by atoms with Gasteiger partial charge in [0.2, 0.25) is 10.0 Å². The fraction of sp³-hybridized carbons (Fsp3) is 0.536. The van der Waals surface area contributed by atoms with E-state index in [-0.39, 0.29) is 29.7 Å². The van der Waals surface area contributed by atoms with Crippen molar-refractivity contribution >= 4 is 15.9 Å². The minimum Gasteiger partial charge on any atom is -0.493 e. The third-order valence-corrected chi connectivity index (χ3v) is 8.01. The monoisotopic (exact) mass is 531 g/mol. The number of rotatable bonds is 14. The van der Waals surface area contributed by atoms with E-state index in [1.807, 2.05) is 67.3 Å². The Morgan fingerprint density at radius 3 is 2.57 bits per heavy atom. The van der Waals surface area contributed by atoms with Gasteiger partial charge < -0.3 is 19.7 Å². The van der Waals surface area contributed by atoms with E-state index >= 15 is 0 Å². The largest absolute Gasteiger partial charge is 0.493 e. The van der Waals surface area contributed by atoms with E-state index in [4.69, 9.17) is 9.47 Å². The maximum atomic E-state index is 13.6. The second kappa shape index (κ2) is 13.9. The summed E-state index contributed by atoms with van der Waals surface area (Å²) in [5.41, 5.74) is 2.37. The first-order valence-corrected chi connectivity index (χ1v) is 14.7. The topological polar surface area (TPSA) is 97.0 Å². The van der Waals surface area contributed by atoms with E-state index in [0.717, 1.165) is 29.7 Å². The lowest BCUT2D eigenvalue weighted by molar-refractivity contribution is 0.0671. The lowest BCUT2D eigenvalue weighted by Crippen LogP contribution is -2.47. The smallest absolute Gasteiger partial charge is 0.254 e. The van der Waals surface area contributed by atoms with E-state index in [1.54, 1.807) is 7.11 Å². The van der Waals surface area contributed by atoms with E-state index in [9.17, 15) is 13.2 Å². The SMILES string of the molecule is CCc1ccc(C(=O)N(C[C@H]2CNC[C@@H]2NS(=O)(=O)Cc2ccccc2)C(C)C)cc1OCCCOC. The van der Waals surface area contributed by atoms with Crippen molar-refractivity contribution in [3.63, 3.8) is 0 Å². The number of nitrogens with one attached hydrogen (secondary N) is 2. The lowest BCUT2D eigenvalue weighted by Gasteiger charge is -2.32. The molecule has 0 unspecified atom stereocenters. The van der Waals surface area contributed by atoms with Gasteiger partial charge in [0.05, 0.1) is 12.4 Å². The standard InChI is InChI=1S/C28H41N3O5S/c1-5-23-12-13-24(16-27(23)36-15-9-14-35-4)28(32)31(21(2)3)19-25-17-29-18-26(25)30-37(33,34)20-22-10-7-6-8-11-22/h6-8,10-13,16,21,25-26,29-30H,5,9,14-15,17-20H2,1-4H3/t25-,26+/m1/s1. The second-order valence-electron chi connectivity index (χ2n) is 9.81. The molecule has 2 aromatic carbocycles. The molecule has 204 valence electrons. The van der Waals surface area contributed by atoms with Crippen molar-refractivity contribution in [2.75, 3.05) is 40.0 Å². The van der Waals surface area contributed by atoms with Crippen molar-refractivity contribution in [3.05, 3.63) is 65.2 Å². The average molecular weight is 532 g/mol. The summed E-state index contributed by atoms with van der Waals surface area (Å²) in [4.78, 5) is 15.5. The van der Waals surface area contributed by atoms with Crippen molar-refractivity contribution in [1.82, 2.24) is 14.9 Å². The maximum Gasteiger partial charge on any atom is 0.254 e. The summed E-state index contributed by atoms with van der Waals surface area (Å²) in [5, 5.41) is 3.29. The fourth-order valence-corrected chi connectivity index (χ4v) is 6.03. The van der Waals surface area contributed by atoms with Gasteiger partial charge in [0.15, 0.2) is 0 Å². The minimum absolute atomic E-state index is 0.0448. The molecule has 9 heteroatoms. The predicted octanol–water partition coefficient (Wildman–Crippen LogP) is 3.22. The van der Waals surface area contributed by atoms with Crippen molar-refractivity contribution in [3.8, 4) is 5.75 Å². The minimum atomic E-state index is -3.52. The number of methoxy groups -OCH3 is 1. The molecule has 2 aromatic rings. The first-order valence-electron chi connectivity index (χ1n) is 13.0. The van der Waals surface area contributed by atoms with Crippen molar-refractivity contribution in [2.45, 2.75) is 51.4 Å². The molecule has 0 saturated carbocycles. The van der Waals surface area contributed by atoms with Crippen molar-refractivity contribution < 1.29 is 22.7 Å². The number of aryl methyl sites for hydroxylation is 1. The fourth-order valence-electron chi connectivity index (χ4n) is 4.57. The van der Waals surface area contributed by atoms with Gasteiger partial charge in [-0.2, -0.15) is 0 Å². The van der Waals surface area contributed by atoms with E-state index in [0.29, 0.717) is 38.4 Å². The molecule has 1 saturated heterocycles. The van der Waals surface area contributed by atoms with E-state index in [1.165, 1.54) is 0 Å². The first-order chi connectivity index (χ1) is 17.7. The second-order valence-corrected chi connectivity index (χ2v) is 11.6. The first kappa shape index (κ1) is 29.1. The number of nitrogens with zero attached hydrogens (tertiary/aromatic N) is 1. The molecular weight excluding hydrogens is 490 g/mol. The number of carbonyl (C=O) groups excluding carboxylic acids is 1. The third-order valence-electron chi connectivity index (χ3n) is 6.63. The number of hydrogen-bond donors (Lipinski definition) is 2. The van der Waals surface area contributed by atoms with Gasteiger partial charge in [-0.3, -0.25) is 4.79 Å². The van der Waals surface area contributed by atoms with Gasteiger partial charge in [0.25, 0.3) is 5.91 Å². The Morgan fingerprint density at radius 1 is 1.14 bits per heavy atom. The van der Waals surface area contributed by atoms with Gasteiger partial charge in [-0.25, -0.2) is 13.1 Å². The van der Waals surface area contributed by atoms with Crippen LogP contribution in [0.15, 0.2) is 48.5 Å². The van der Waals surface area contributed by atoms with Crippen LogP contribution in [0.4, 0.5) is 0 Å². The van der Waals surface area contributed by atoms with Gasteiger partial charge in [0.1, 0.15) is 5.75 Å². The molecule has 0 radical (unpaired) electrons. The Morgan fingerprint density at radius 2 is 1.89 bits per heavy atom. The quantitative estimate of drug-likeness (QED) is 0.364. The Bertz CT molecular complexity index is 1110. The summed E-state index contributed by atoms with van der Waals surface area (Å²) in [6.07, 6.45) is 1.58. The van der Waals surface area contributed by atoms with Crippen LogP contribution in [0.25, 0.3) is 0 Å². The number of hydrogen-bond acceptors (Lipinski definition) is 6. The number of benzene rings is 2. The number of amides is 1. The normalized spacial score (nSPS) is 17.8. The van der Waals surface area contributed by atoms with E-state index in [2.05, 4.69) is 17.0 Å². The molecule has 1 fully saturated rings. The van der Waals surface area contributed by atoms with Crippen LogP contribution in [0.2, 0.25) is 0 Å². The Hall–Kier alpha value is -2.46. The van der Waals surface area contributed by atoms with Crippen LogP contribution in [0.5, 0.6) is 5.75 Å². The van der Waals surface area contributed by atoms with Gasteiger partial charge in [-0.05, 0) is 43.5 Å². The Labute approximate surface area is 221 Å². The number of sulfonamides is 1. The van der Waals surface area contributed by atoms with Crippen LogP contribution < -0.4 is 14.8 Å². The van der Waals surface area contributed by atoms with Crippen molar-refractivity contribution in [1.29, 1.82) is 0 Å². The van der Waals surface area contributed by atoms with Crippen LogP contribution >= 0.6 is 0 Å². The zero-order valence-electron chi connectivity index (χ0n) is 22.4. The molecule has 1 heterocycles. The van der Waals surface area contributed by atoms with Crippen LogP contribution in [0.1, 0.15) is 48.7 Å². The molecule has 2 atom stereocenters. The highest BCUT2D eigenvalue weighted by atomic mass is 32.2. The van der Waals surface area contributed by atoms with Crippen molar-refractivity contribution in [2.24, 2.45) is 5.92 Å². The molecule has 0 aromatic heterocycles. The Balaban J connectivity index is 1.70. The van der Waals surface area contributed by atoms with Gasteiger partial charge >= 0.3 is 0 Å². The molecule has 1 aliphatic heterocycles. The lowest BCUT2D eigenvalue weighted by atomic mass is 10.0. The zero-order chi connectivity index (χ0) is 26.8. The average Bonchev–Trinajstić information content (AvgIpc) is 3.30. The van der Waals surface area contributed by atoms with Crippen LogP contribution in [0.3, 0.4) is 0 Å². The maximum absolute atomic E-state index is 13.6. The van der Waals surface area contributed by atoms with Crippen LogP contribution in [-0.4, -0.2) is 71.3 Å². The molecule has 1 aliphatic rings. The van der Waals surface area contributed by atoms with Gasteiger partial charge in [-0.1, -0.05) is 43.3 Å². The molecule has 1 amide bonds. The summed E-state index contributed by atoms with van der Waals surface area (Å²) in [5.74, 6) is 0.525. The summed E-state index contributed by atoms with van der Waals surface area (Å²) in [7, 11) is -1.86. The highest BCUT2D eigenvalue weighted by Gasteiger charge is 2.34. The number of carbonyl (C=O) groups is 1. The van der Waals surface area contributed by atoms with Gasteiger partial charge in [-0.15, -0.1) is 0 Å². The van der Waals surface area contributed by atoms with Crippen LogP contribution in [0, 0.1) is 5.92 Å². The molecule has 3 rings (SSSR count). The molecule has 37 heavy (non-hydrogen) atoms. The summed E-state index contributed by atoms with van der Waals surface area (Å²) < 4.78 is 39.7. The highest BCUT2D eigenvalue weighted by molar-refractivity contribution is 7.88. The molecule has 0 spiro atoms. The molecule has 8 nitrogen and oxygen atoms in total. The highest BCUT2D eigenvalue weighted by Crippen LogP contribution is 2.24. The summed E-state index contributed by atoms with van der Waals surface area (Å²) in [6.45, 7) is 8.78. The zero-order valence-corrected chi connectivity index (χ0v) is 23.2. The molecular formula is C28H41N3O5S. The number of ether oxygens (including phenoxy) is 2. The Kier molecular flexibility index (Phi) is 10.9. The third kappa shape index (κ3) is 8.53. The predicted molar refractivity (Wildman–Crippen MR) is 146 cm³/mol. The molecule has 0 bridgehead atoms. The molecule has 0 aliphatic carbocycles. The van der Waals surface area contributed by atoms with Crippen LogP contribution in [-0.2, 0) is 26.9 Å². The summed E-state index contributed by atoms with van der Waals surface area (Å²) >= 11 is 0. The molecule has 2 N–H and O–H groups in total.